The van der Waals surface area contributed by atoms with E-state index < -0.39 is 11.6 Å². The van der Waals surface area contributed by atoms with Gasteiger partial charge in [-0.3, -0.25) is 0 Å². The van der Waals surface area contributed by atoms with Gasteiger partial charge in [-0.05, 0) is 18.6 Å². The van der Waals surface area contributed by atoms with Crippen LogP contribution in [-0.2, 0) is 0 Å². The van der Waals surface area contributed by atoms with E-state index in [2.05, 4.69) is 30.2 Å². The second kappa shape index (κ2) is 8.46. The molecular weight excluding hydrogens is 444 g/mol. The highest BCUT2D eigenvalue weighted by Crippen LogP contribution is 2.38. The highest BCUT2D eigenvalue weighted by Gasteiger charge is 2.24. The molecule has 5 rings (SSSR count). The third-order valence-electron chi connectivity index (χ3n) is 5.53. The van der Waals surface area contributed by atoms with E-state index in [0.717, 1.165) is 12.1 Å². The summed E-state index contributed by atoms with van der Waals surface area (Å²) in [4.78, 5) is 16.9. The maximum atomic E-state index is 14.3. The molecule has 0 fully saturated rings. The molecule has 5 aromatic rings. The van der Waals surface area contributed by atoms with Crippen LogP contribution in [0.25, 0.3) is 27.8 Å². The molecule has 0 aliphatic rings. The van der Waals surface area contributed by atoms with Crippen molar-refractivity contribution in [1.82, 2.24) is 39.5 Å². The molecule has 4 aromatic heterocycles. The summed E-state index contributed by atoms with van der Waals surface area (Å²) in [5.74, 6) is -0.744. The van der Waals surface area contributed by atoms with Gasteiger partial charge >= 0.3 is 0 Å². The molecule has 0 aliphatic heterocycles. The number of hydrogen-bond donors (Lipinski definition) is 1. The SMILES string of the molecule is CC[C@@H](c1cn(-c2ccc(F)cc2F)nn1)n1cc(-c2cncnc2OC)c2c(N)ncnc21. The van der Waals surface area contributed by atoms with Crippen LogP contribution in [0.1, 0.15) is 25.1 Å². The van der Waals surface area contributed by atoms with Crippen LogP contribution in [0.2, 0.25) is 0 Å². The lowest BCUT2D eigenvalue weighted by Crippen LogP contribution is -2.10. The summed E-state index contributed by atoms with van der Waals surface area (Å²) in [5, 5.41) is 8.93. The van der Waals surface area contributed by atoms with Crippen LogP contribution < -0.4 is 10.5 Å². The minimum atomic E-state index is -0.741. The van der Waals surface area contributed by atoms with E-state index >= 15 is 0 Å². The van der Waals surface area contributed by atoms with Gasteiger partial charge in [-0.1, -0.05) is 12.1 Å². The Morgan fingerprint density at radius 3 is 2.71 bits per heavy atom. The fraction of sp³-hybridized carbons (Fsp3) is 0.182. The second-order valence-electron chi connectivity index (χ2n) is 7.46. The average molecular weight is 463 g/mol. The number of nitrogens with two attached hydrogens (primary N) is 1. The molecule has 1 atom stereocenters. The molecule has 4 heterocycles. The van der Waals surface area contributed by atoms with Crippen molar-refractivity contribution in [3.63, 3.8) is 0 Å². The van der Waals surface area contributed by atoms with Gasteiger partial charge in [0.25, 0.3) is 0 Å². The van der Waals surface area contributed by atoms with Gasteiger partial charge in [0.2, 0.25) is 5.88 Å². The Morgan fingerprint density at radius 2 is 1.94 bits per heavy atom. The van der Waals surface area contributed by atoms with Crippen molar-refractivity contribution >= 4 is 16.9 Å². The largest absolute Gasteiger partial charge is 0.480 e. The molecule has 0 amide bonds. The third-order valence-corrected chi connectivity index (χ3v) is 5.53. The number of hydrogen-bond acceptors (Lipinski definition) is 8. The van der Waals surface area contributed by atoms with E-state index in [1.54, 1.807) is 12.4 Å². The lowest BCUT2D eigenvalue weighted by atomic mass is 10.1. The molecule has 12 heteroatoms. The fourth-order valence-corrected chi connectivity index (χ4v) is 3.98. The van der Waals surface area contributed by atoms with Gasteiger partial charge in [-0.15, -0.1) is 5.10 Å². The maximum Gasteiger partial charge on any atom is 0.224 e. The predicted octanol–water partition coefficient (Wildman–Crippen LogP) is 3.34. The average Bonchev–Trinajstić information content (AvgIpc) is 3.46. The zero-order valence-corrected chi connectivity index (χ0v) is 18.2. The Hall–Kier alpha value is -4.48. The summed E-state index contributed by atoms with van der Waals surface area (Å²) in [6, 6.07) is 2.95. The van der Waals surface area contributed by atoms with E-state index in [0.29, 0.717) is 40.2 Å². The number of ether oxygens (including phenoxy) is 1. The van der Waals surface area contributed by atoms with Crippen molar-refractivity contribution in [3.8, 4) is 22.7 Å². The number of aromatic nitrogens is 8. The Kier molecular flexibility index (Phi) is 5.32. The van der Waals surface area contributed by atoms with Gasteiger partial charge in [0.15, 0.2) is 5.82 Å². The Morgan fingerprint density at radius 1 is 1.09 bits per heavy atom. The Bertz CT molecular complexity index is 1500. The normalized spacial score (nSPS) is 12.2. The van der Waals surface area contributed by atoms with Crippen LogP contribution in [0.15, 0.2) is 49.4 Å². The molecule has 0 saturated heterocycles. The van der Waals surface area contributed by atoms with Gasteiger partial charge in [0, 0.05) is 24.0 Å². The minimum Gasteiger partial charge on any atom is -0.480 e. The van der Waals surface area contributed by atoms with Crippen LogP contribution >= 0.6 is 0 Å². The topological polar surface area (TPSA) is 122 Å². The first-order chi connectivity index (χ1) is 16.5. The molecule has 0 saturated carbocycles. The molecule has 0 spiro atoms. The summed E-state index contributed by atoms with van der Waals surface area (Å²) >= 11 is 0. The van der Waals surface area contributed by atoms with Crippen LogP contribution in [0.3, 0.4) is 0 Å². The van der Waals surface area contributed by atoms with Crippen LogP contribution in [0.4, 0.5) is 14.6 Å². The molecular formula is C22H19F2N9O. The standard InChI is InChI=1S/C22H19F2N9O/c1-3-17(16-9-33(31-30-16)18-5-4-12(23)6-15(18)24)32-8-14(13-7-26-10-29-22(13)34-2)19-20(25)27-11-28-21(19)32/h4-11,17H,3H2,1-2H3,(H2,25,27,28)/t17-/m0/s1. The lowest BCUT2D eigenvalue weighted by molar-refractivity contribution is 0.398. The van der Waals surface area contributed by atoms with E-state index in [1.807, 2.05) is 17.7 Å². The molecule has 0 unspecified atom stereocenters. The highest BCUT2D eigenvalue weighted by molar-refractivity contribution is 6.01. The van der Waals surface area contributed by atoms with Crippen molar-refractivity contribution < 1.29 is 13.5 Å². The van der Waals surface area contributed by atoms with Crippen LogP contribution in [0, 0.1) is 11.6 Å². The number of anilines is 1. The number of rotatable bonds is 6. The molecule has 10 nitrogen and oxygen atoms in total. The quantitative estimate of drug-likeness (QED) is 0.407. The summed E-state index contributed by atoms with van der Waals surface area (Å²) in [5.41, 5.74) is 8.78. The fourth-order valence-electron chi connectivity index (χ4n) is 3.98. The van der Waals surface area contributed by atoms with Crippen molar-refractivity contribution in [3.05, 3.63) is 66.8 Å². The zero-order valence-electron chi connectivity index (χ0n) is 18.2. The predicted molar refractivity (Wildman–Crippen MR) is 119 cm³/mol. The summed E-state index contributed by atoms with van der Waals surface area (Å²) < 4.78 is 36.2. The van der Waals surface area contributed by atoms with Gasteiger partial charge in [-0.2, -0.15) is 0 Å². The first-order valence-electron chi connectivity index (χ1n) is 10.3. The molecule has 2 N–H and O–H groups in total. The molecule has 172 valence electrons. The number of halogens is 2. The number of methoxy groups -OCH3 is 1. The zero-order chi connectivity index (χ0) is 23.8. The van der Waals surface area contributed by atoms with E-state index in [1.165, 1.54) is 30.5 Å². The third kappa shape index (κ3) is 3.49. The van der Waals surface area contributed by atoms with Gasteiger partial charge < -0.3 is 15.0 Å². The summed E-state index contributed by atoms with van der Waals surface area (Å²) in [6.45, 7) is 1.98. The van der Waals surface area contributed by atoms with Gasteiger partial charge in [0.1, 0.15) is 41.3 Å². The smallest absolute Gasteiger partial charge is 0.224 e. The minimum absolute atomic E-state index is 0.0887. The monoisotopic (exact) mass is 463 g/mol. The van der Waals surface area contributed by atoms with Crippen molar-refractivity contribution in [1.29, 1.82) is 0 Å². The molecule has 0 radical (unpaired) electrons. The van der Waals surface area contributed by atoms with Crippen molar-refractivity contribution in [2.75, 3.05) is 12.8 Å². The number of nitrogens with zero attached hydrogens (tertiary/aromatic N) is 8. The summed E-state index contributed by atoms with van der Waals surface area (Å²) in [6.07, 6.45) is 8.48. The van der Waals surface area contributed by atoms with Gasteiger partial charge in [0.05, 0.1) is 30.3 Å². The Labute approximate surface area is 192 Å². The number of fused-ring (bicyclic) bond motifs is 1. The van der Waals surface area contributed by atoms with E-state index in [4.69, 9.17) is 10.5 Å². The van der Waals surface area contributed by atoms with Gasteiger partial charge in [-0.25, -0.2) is 33.4 Å². The summed E-state index contributed by atoms with van der Waals surface area (Å²) in [7, 11) is 1.52. The van der Waals surface area contributed by atoms with Crippen LogP contribution in [-0.4, -0.2) is 46.6 Å². The van der Waals surface area contributed by atoms with Crippen LogP contribution in [0.5, 0.6) is 5.88 Å². The first-order valence-corrected chi connectivity index (χ1v) is 10.3. The van der Waals surface area contributed by atoms with E-state index in [9.17, 15) is 8.78 Å². The number of benzene rings is 1. The molecule has 0 bridgehead atoms. The molecule has 34 heavy (non-hydrogen) atoms. The highest BCUT2D eigenvalue weighted by atomic mass is 19.1. The van der Waals surface area contributed by atoms with Crippen molar-refractivity contribution in [2.45, 2.75) is 19.4 Å². The van der Waals surface area contributed by atoms with Crippen molar-refractivity contribution in [2.24, 2.45) is 0 Å². The molecule has 1 aromatic carbocycles. The maximum absolute atomic E-state index is 14.3. The number of nitrogen functional groups attached to an aromatic ring is 1. The first kappa shape index (κ1) is 21.4. The Balaban J connectivity index is 1.66. The van der Waals surface area contributed by atoms with E-state index in [-0.39, 0.29) is 17.5 Å². The second-order valence-corrected chi connectivity index (χ2v) is 7.46. The lowest BCUT2D eigenvalue weighted by Gasteiger charge is -2.15. The molecule has 0 aliphatic carbocycles.